The maximum absolute atomic E-state index is 14.7. The van der Waals surface area contributed by atoms with Gasteiger partial charge in [-0.05, 0) is 37.3 Å². The molecule has 0 atom stereocenters. The van der Waals surface area contributed by atoms with E-state index in [1.807, 2.05) is 12.3 Å². The van der Waals surface area contributed by atoms with Crippen LogP contribution in [0.25, 0.3) is 22.2 Å². The van der Waals surface area contributed by atoms with E-state index in [1.54, 1.807) is 23.9 Å². The standard InChI is InChI=1S/C20H22FN5O.C5H10/c1-3-7-26-8-6-17(25-26)13-9-14-18(10-16(13)21)23-11-15(19(14)22-2)20(27)24-12-4-5-12;1-4-5(2)3/h6,8-12H,3-5,7H2,1-2H3,(H,22,23)(H,24,27);4-5H,1H2,2-3H3. The molecule has 2 aromatic heterocycles. The van der Waals surface area contributed by atoms with Gasteiger partial charge in [0.1, 0.15) is 5.82 Å². The van der Waals surface area contributed by atoms with Gasteiger partial charge >= 0.3 is 0 Å². The lowest BCUT2D eigenvalue weighted by molar-refractivity contribution is 0.0951. The lowest BCUT2D eigenvalue weighted by atomic mass is 10.0. The average Bonchev–Trinajstić information content (AvgIpc) is 3.47. The number of anilines is 1. The fourth-order valence-electron chi connectivity index (χ4n) is 3.20. The summed E-state index contributed by atoms with van der Waals surface area (Å²) >= 11 is 0. The van der Waals surface area contributed by atoms with Crippen molar-refractivity contribution in [3.63, 3.8) is 0 Å². The summed E-state index contributed by atoms with van der Waals surface area (Å²) in [4.78, 5) is 16.8. The van der Waals surface area contributed by atoms with Gasteiger partial charge in [-0.2, -0.15) is 5.10 Å². The molecule has 7 heteroatoms. The van der Waals surface area contributed by atoms with Crippen molar-refractivity contribution in [2.45, 2.75) is 52.6 Å². The Morgan fingerprint density at radius 3 is 2.69 bits per heavy atom. The highest BCUT2D eigenvalue weighted by atomic mass is 19.1. The summed E-state index contributed by atoms with van der Waals surface area (Å²) in [7, 11) is 1.75. The maximum atomic E-state index is 14.7. The predicted octanol–water partition coefficient (Wildman–Crippen LogP) is 5.41. The number of rotatable bonds is 7. The molecule has 2 N–H and O–H groups in total. The van der Waals surface area contributed by atoms with Crippen LogP contribution in [-0.2, 0) is 6.54 Å². The molecule has 4 rings (SSSR count). The molecule has 0 spiro atoms. The third-order valence-electron chi connectivity index (χ3n) is 5.20. The van der Waals surface area contributed by atoms with Crippen molar-refractivity contribution < 1.29 is 9.18 Å². The van der Waals surface area contributed by atoms with E-state index >= 15 is 0 Å². The number of hydrogen-bond donors (Lipinski definition) is 2. The molecular weight excluding hydrogens is 405 g/mol. The monoisotopic (exact) mass is 437 g/mol. The van der Waals surface area contributed by atoms with Crippen LogP contribution in [0.3, 0.4) is 0 Å². The summed E-state index contributed by atoms with van der Waals surface area (Å²) in [5, 5.41) is 11.2. The van der Waals surface area contributed by atoms with Gasteiger partial charge in [0.2, 0.25) is 0 Å². The van der Waals surface area contributed by atoms with Crippen LogP contribution in [-0.4, -0.2) is 33.8 Å². The van der Waals surface area contributed by atoms with Crippen molar-refractivity contribution in [1.82, 2.24) is 20.1 Å². The fraction of sp³-hybridized carbons (Fsp3) is 0.400. The highest BCUT2D eigenvalue weighted by Gasteiger charge is 2.26. The van der Waals surface area contributed by atoms with Crippen molar-refractivity contribution in [3.05, 3.63) is 54.6 Å². The SMILES string of the molecule is C=CC(C)C.CCCn1ccc(-c2cc3c(NC)c(C(=O)NC4CC4)cnc3cc2F)n1. The fourth-order valence-corrected chi connectivity index (χ4v) is 3.20. The number of allylic oxidation sites excluding steroid dienone is 1. The van der Waals surface area contributed by atoms with Gasteiger partial charge in [-0.25, -0.2) is 4.39 Å². The highest BCUT2D eigenvalue weighted by molar-refractivity contribution is 6.07. The van der Waals surface area contributed by atoms with Gasteiger partial charge in [-0.15, -0.1) is 6.58 Å². The second kappa shape index (κ2) is 10.4. The van der Waals surface area contributed by atoms with E-state index in [2.05, 4.69) is 48.1 Å². The number of nitrogens with one attached hydrogen (secondary N) is 2. The summed E-state index contributed by atoms with van der Waals surface area (Å²) in [6.45, 7) is 10.6. The summed E-state index contributed by atoms with van der Waals surface area (Å²) in [6, 6.07) is 5.17. The number of aryl methyl sites for hydroxylation is 1. The summed E-state index contributed by atoms with van der Waals surface area (Å²) in [5.74, 6) is 0.110. The van der Waals surface area contributed by atoms with Gasteiger partial charge in [-0.3, -0.25) is 14.5 Å². The normalized spacial score (nSPS) is 12.9. The Morgan fingerprint density at radius 1 is 1.38 bits per heavy atom. The number of carbonyl (C=O) groups excluding carboxylic acids is 1. The minimum absolute atomic E-state index is 0.158. The highest BCUT2D eigenvalue weighted by Crippen LogP contribution is 2.32. The summed E-state index contributed by atoms with van der Waals surface area (Å²) < 4.78 is 16.5. The zero-order valence-electron chi connectivity index (χ0n) is 19.3. The van der Waals surface area contributed by atoms with Crippen molar-refractivity contribution in [3.8, 4) is 11.3 Å². The van der Waals surface area contributed by atoms with Crippen LogP contribution < -0.4 is 10.6 Å². The van der Waals surface area contributed by atoms with E-state index < -0.39 is 0 Å². The van der Waals surface area contributed by atoms with Crippen LogP contribution in [0.5, 0.6) is 0 Å². The van der Waals surface area contributed by atoms with E-state index in [1.165, 1.54) is 12.3 Å². The van der Waals surface area contributed by atoms with Gasteiger partial charge in [0.05, 0.1) is 22.5 Å². The minimum atomic E-state index is -0.381. The molecule has 1 saturated carbocycles. The second-order valence-electron chi connectivity index (χ2n) is 8.34. The number of amides is 1. The van der Waals surface area contributed by atoms with E-state index in [0.29, 0.717) is 39.3 Å². The first-order chi connectivity index (χ1) is 15.4. The van der Waals surface area contributed by atoms with E-state index in [9.17, 15) is 9.18 Å². The maximum Gasteiger partial charge on any atom is 0.255 e. The number of carbonyl (C=O) groups is 1. The number of aromatic nitrogens is 3. The Hall–Kier alpha value is -3.22. The second-order valence-corrected chi connectivity index (χ2v) is 8.34. The van der Waals surface area contributed by atoms with Crippen LogP contribution in [0.1, 0.15) is 50.4 Å². The van der Waals surface area contributed by atoms with E-state index in [-0.39, 0.29) is 17.8 Å². The average molecular weight is 438 g/mol. The Balaban J connectivity index is 0.000000523. The number of hydrogen-bond acceptors (Lipinski definition) is 4. The smallest absolute Gasteiger partial charge is 0.255 e. The molecule has 1 fully saturated rings. The van der Waals surface area contributed by atoms with Gasteiger partial charge in [0.25, 0.3) is 5.91 Å². The molecule has 1 aliphatic rings. The van der Waals surface area contributed by atoms with Gasteiger partial charge in [0.15, 0.2) is 0 Å². The first kappa shape index (κ1) is 23.4. The number of pyridine rings is 1. The van der Waals surface area contributed by atoms with Gasteiger partial charge in [0, 0.05) is 49.0 Å². The molecule has 3 aromatic rings. The van der Waals surface area contributed by atoms with Gasteiger partial charge in [-0.1, -0.05) is 26.8 Å². The molecular formula is C25H32FN5O. The zero-order valence-corrected chi connectivity index (χ0v) is 19.3. The Kier molecular flexibility index (Phi) is 7.62. The molecule has 2 heterocycles. The zero-order chi connectivity index (χ0) is 23.3. The van der Waals surface area contributed by atoms with Gasteiger partial charge < -0.3 is 10.6 Å². The molecule has 32 heavy (non-hydrogen) atoms. The van der Waals surface area contributed by atoms with Crippen LogP contribution in [0.15, 0.2) is 43.2 Å². The lowest BCUT2D eigenvalue weighted by Gasteiger charge is -2.13. The summed E-state index contributed by atoms with van der Waals surface area (Å²) in [6.07, 6.45) is 8.24. The molecule has 0 radical (unpaired) electrons. The largest absolute Gasteiger partial charge is 0.387 e. The molecule has 6 nitrogen and oxygen atoms in total. The Labute approximate surface area is 188 Å². The molecule has 170 valence electrons. The molecule has 0 aliphatic heterocycles. The van der Waals surface area contributed by atoms with E-state index in [0.717, 1.165) is 25.8 Å². The molecule has 0 bridgehead atoms. The third kappa shape index (κ3) is 5.52. The van der Waals surface area contributed by atoms with Crippen molar-refractivity contribution in [2.24, 2.45) is 5.92 Å². The van der Waals surface area contributed by atoms with Crippen molar-refractivity contribution in [2.75, 3.05) is 12.4 Å². The first-order valence-corrected chi connectivity index (χ1v) is 11.1. The van der Waals surface area contributed by atoms with E-state index in [4.69, 9.17) is 0 Å². The predicted molar refractivity (Wildman–Crippen MR) is 128 cm³/mol. The first-order valence-electron chi connectivity index (χ1n) is 11.1. The molecule has 0 saturated heterocycles. The minimum Gasteiger partial charge on any atom is -0.387 e. The lowest BCUT2D eigenvalue weighted by Crippen LogP contribution is -2.26. The Morgan fingerprint density at radius 2 is 2.09 bits per heavy atom. The van der Waals surface area contributed by atoms with Crippen molar-refractivity contribution >= 4 is 22.5 Å². The number of fused-ring (bicyclic) bond motifs is 1. The number of benzene rings is 1. The third-order valence-corrected chi connectivity index (χ3v) is 5.20. The number of halogens is 1. The molecule has 1 aromatic carbocycles. The van der Waals surface area contributed by atoms with Crippen molar-refractivity contribution in [1.29, 1.82) is 0 Å². The number of nitrogens with zero attached hydrogens (tertiary/aromatic N) is 3. The molecule has 1 aliphatic carbocycles. The molecule has 1 amide bonds. The van der Waals surface area contributed by atoms with Crippen LogP contribution >= 0.6 is 0 Å². The molecule has 0 unspecified atom stereocenters. The van der Waals surface area contributed by atoms with Crippen LogP contribution in [0.4, 0.5) is 10.1 Å². The quantitative estimate of drug-likeness (QED) is 0.485. The summed E-state index contributed by atoms with van der Waals surface area (Å²) in [5.41, 5.74) is 2.57. The van der Waals surface area contributed by atoms with Crippen LogP contribution in [0, 0.1) is 11.7 Å². The van der Waals surface area contributed by atoms with Crippen LogP contribution in [0.2, 0.25) is 0 Å². The Bertz CT molecular complexity index is 1100. The topological polar surface area (TPSA) is 71.8 Å².